The van der Waals surface area contributed by atoms with Crippen molar-refractivity contribution in [3.63, 3.8) is 0 Å². The lowest BCUT2D eigenvalue weighted by Crippen LogP contribution is -2.48. The number of sulfonamides is 1. The number of rotatable bonds is 2. The topological polar surface area (TPSA) is 70.5 Å². The Balaban J connectivity index is 2.35. The van der Waals surface area contributed by atoms with Crippen LogP contribution in [0.1, 0.15) is 19.8 Å². The summed E-state index contributed by atoms with van der Waals surface area (Å²) in [7, 11) is -3.68. The fraction of sp³-hybridized carbons (Fsp3) is 0.545. The lowest BCUT2D eigenvalue weighted by Gasteiger charge is -2.35. The molecule has 18 heavy (non-hydrogen) atoms. The van der Waals surface area contributed by atoms with Crippen molar-refractivity contribution < 1.29 is 13.5 Å². The first-order valence-corrected chi connectivity index (χ1v) is 7.47. The van der Waals surface area contributed by atoms with Crippen LogP contribution in [0.15, 0.2) is 23.4 Å². The summed E-state index contributed by atoms with van der Waals surface area (Å²) >= 11 is 5.89. The highest BCUT2D eigenvalue weighted by Gasteiger charge is 2.36. The van der Waals surface area contributed by atoms with E-state index in [0.29, 0.717) is 19.4 Å². The van der Waals surface area contributed by atoms with E-state index in [-0.39, 0.29) is 16.5 Å². The number of aliphatic hydroxyl groups is 1. The van der Waals surface area contributed by atoms with Crippen LogP contribution in [0.4, 0.5) is 0 Å². The van der Waals surface area contributed by atoms with Crippen molar-refractivity contribution in [1.29, 1.82) is 0 Å². The number of piperidine rings is 1. The zero-order valence-electron chi connectivity index (χ0n) is 10.0. The van der Waals surface area contributed by atoms with Gasteiger partial charge in [0.25, 0.3) is 0 Å². The average Bonchev–Trinajstić information content (AvgIpc) is 2.28. The maximum Gasteiger partial charge on any atom is 0.246 e. The van der Waals surface area contributed by atoms with Crippen LogP contribution in [0.25, 0.3) is 0 Å². The molecular formula is C11H15ClN2O3S. The molecule has 100 valence electrons. The summed E-state index contributed by atoms with van der Waals surface area (Å²) in [5, 5.41) is 10.1. The molecule has 1 N–H and O–H groups in total. The van der Waals surface area contributed by atoms with Crippen molar-refractivity contribution in [1.82, 2.24) is 9.29 Å². The van der Waals surface area contributed by atoms with E-state index < -0.39 is 15.6 Å². The average molecular weight is 291 g/mol. The lowest BCUT2D eigenvalue weighted by atomic mass is 9.97. The number of halogens is 1. The molecule has 1 aromatic rings. The van der Waals surface area contributed by atoms with E-state index in [2.05, 4.69) is 4.98 Å². The molecular weight excluding hydrogens is 276 g/mol. The second-order valence-electron chi connectivity index (χ2n) is 4.75. The Labute approximate surface area is 111 Å². The predicted octanol–water partition coefficient (Wildman–Crippen LogP) is 1.27. The van der Waals surface area contributed by atoms with Crippen molar-refractivity contribution in [3.8, 4) is 0 Å². The first kappa shape index (κ1) is 13.7. The number of hydrogen-bond acceptors (Lipinski definition) is 4. The Bertz CT molecular complexity index is 545. The largest absolute Gasteiger partial charge is 0.389 e. The highest BCUT2D eigenvalue weighted by atomic mass is 35.5. The summed E-state index contributed by atoms with van der Waals surface area (Å²) < 4.78 is 26.0. The van der Waals surface area contributed by atoms with E-state index in [1.54, 1.807) is 6.92 Å². The van der Waals surface area contributed by atoms with Gasteiger partial charge in [-0.15, -0.1) is 0 Å². The van der Waals surface area contributed by atoms with Gasteiger partial charge in [0.1, 0.15) is 4.90 Å². The van der Waals surface area contributed by atoms with Gasteiger partial charge in [0.2, 0.25) is 10.0 Å². The summed E-state index contributed by atoms with van der Waals surface area (Å²) in [6, 6.07) is 1.44. The maximum atomic E-state index is 12.4. The molecule has 1 aliphatic heterocycles. The lowest BCUT2D eigenvalue weighted by molar-refractivity contribution is 0.00939. The zero-order valence-corrected chi connectivity index (χ0v) is 11.6. The van der Waals surface area contributed by atoms with E-state index in [1.807, 2.05) is 0 Å². The van der Waals surface area contributed by atoms with Gasteiger partial charge in [-0.1, -0.05) is 11.6 Å². The van der Waals surface area contributed by atoms with Gasteiger partial charge in [0.05, 0.1) is 10.6 Å². The molecule has 1 fully saturated rings. The summed E-state index contributed by atoms with van der Waals surface area (Å²) in [5.74, 6) is 0. The van der Waals surface area contributed by atoms with Crippen molar-refractivity contribution in [2.75, 3.05) is 13.1 Å². The summed E-state index contributed by atoms with van der Waals surface area (Å²) in [6.07, 6.45) is 3.90. The van der Waals surface area contributed by atoms with Crippen LogP contribution in [-0.4, -0.2) is 41.5 Å². The number of aromatic nitrogens is 1. The third kappa shape index (κ3) is 2.66. The van der Waals surface area contributed by atoms with Gasteiger partial charge in [0, 0.05) is 25.5 Å². The molecule has 1 aliphatic rings. The molecule has 1 aromatic heterocycles. The van der Waals surface area contributed by atoms with Gasteiger partial charge in [-0.2, -0.15) is 4.31 Å². The van der Waals surface area contributed by atoms with Gasteiger partial charge in [0.15, 0.2) is 0 Å². The fourth-order valence-electron chi connectivity index (χ4n) is 2.07. The van der Waals surface area contributed by atoms with Crippen LogP contribution >= 0.6 is 11.6 Å². The van der Waals surface area contributed by atoms with Crippen LogP contribution in [-0.2, 0) is 10.0 Å². The van der Waals surface area contributed by atoms with Gasteiger partial charge < -0.3 is 5.11 Å². The van der Waals surface area contributed by atoms with Crippen LogP contribution in [0.5, 0.6) is 0 Å². The highest BCUT2D eigenvalue weighted by Crippen LogP contribution is 2.28. The van der Waals surface area contributed by atoms with E-state index >= 15 is 0 Å². The standard InChI is InChI=1S/C11H15ClN2O3S/c1-11(15)4-2-6-14(8-11)18(16,17)10-7-13-5-3-9(10)12/h3,5,7,15H,2,4,6,8H2,1H3. The number of hydrogen-bond donors (Lipinski definition) is 1. The summed E-state index contributed by atoms with van der Waals surface area (Å²) in [5.41, 5.74) is -0.986. The Morgan fingerprint density at radius 3 is 2.89 bits per heavy atom. The third-order valence-electron chi connectivity index (χ3n) is 2.99. The summed E-state index contributed by atoms with van der Waals surface area (Å²) in [6.45, 7) is 2.11. The third-order valence-corrected chi connectivity index (χ3v) is 5.31. The molecule has 0 bridgehead atoms. The molecule has 1 saturated heterocycles. The van der Waals surface area contributed by atoms with E-state index in [0.717, 1.165) is 0 Å². The van der Waals surface area contributed by atoms with Gasteiger partial charge in [-0.3, -0.25) is 4.98 Å². The Hall–Kier alpha value is -0.690. The molecule has 1 atom stereocenters. The molecule has 0 radical (unpaired) electrons. The first-order chi connectivity index (χ1) is 8.33. The molecule has 7 heteroatoms. The number of β-amino-alcohol motifs (C(OH)–C–C–N with tert-alkyl or cyclic N) is 1. The van der Waals surface area contributed by atoms with Crippen molar-refractivity contribution in [2.24, 2.45) is 0 Å². The Morgan fingerprint density at radius 1 is 1.56 bits per heavy atom. The van der Waals surface area contributed by atoms with Gasteiger partial charge in [-0.05, 0) is 25.8 Å². The molecule has 2 rings (SSSR count). The van der Waals surface area contributed by atoms with Crippen LogP contribution in [0.2, 0.25) is 5.02 Å². The van der Waals surface area contributed by atoms with Crippen LogP contribution < -0.4 is 0 Å². The monoisotopic (exact) mass is 290 g/mol. The molecule has 0 spiro atoms. The fourth-order valence-corrected chi connectivity index (χ4v) is 4.07. The van der Waals surface area contributed by atoms with Crippen LogP contribution in [0, 0.1) is 0 Å². The van der Waals surface area contributed by atoms with Crippen LogP contribution in [0.3, 0.4) is 0 Å². The van der Waals surface area contributed by atoms with E-state index in [9.17, 15) is 13.5 Å². The quantitative estimate of drug-likeness (QED) is 0.890. The summed E-state index contributed by atoms with van der Waals surface area (Å²) in [4.78, 5) is 3.78. The zero-order chi connectivity index (χ0) is 13.4. The second kappa shape index (κ2) is 4.77. The minimum Gasteiger partial charge on any atom is -0.389 e. The van der Waals surface area contributed by atoms with Crippen molar-refractivity contribution in [2.45, 2.75) is 30.3 Å². The molecule has 0 aromatic carbocycles. The molecule has 5 nitrogen and oxygen atoms in total. The highest BCUT2D eigenvalue weighted by molar-refractivity contribution is 7.89. The Morgan fingerprint density at radius 2 is 2.28 bits per heavy atom. The first-order valence-electron chi connectivity index (χ1n) is 5.65. The van der Waals surface area contributed by atoms with Crippen molar-refractivity contribution >= 4 is 21.6 Å². The normalized spacial score (nSPS) is 26.2. The van der Waals surface area contributed by atoms with Crippen molar-refractivity contribution in [3.05, 3.63) is 23.5 Å². The van der Waals surface area contributed by atoms with E-state index in [4.69, 9.17) is 11.6 Å². The minimum absolute atomic E-state index is 0.00985. The number of nitrogens with zero attached hydrogens (tertiary/aromatic N) is 2. The molecule has 2 heterocycles. The smallest absolute Gasteiger partial charge is 0.246 e. The van der Waals surface area contributed by atoms with Gasteiger partial charge >= 0.3 is 0 Å². The Kier molecular flexibility index (Phi) is 3.64. The van der Waals surface area contributed by atoms with E-state index in [1.165, 1.54) is 22.8 Å². The second-order valence-corrected chi connectivity index (χ2v) is 7.06. The minimum atomic E-state index is -3.68. The van der Waals surface area contributed by atoms with Gasteiger partial charge in [-0.25, -0.2) is 8.42 Å². The predicted molar refractivity (Wildman–Crippen MR) is 67.9 cm³/mol. The molecule has 0 aliphatic carbocycles. The number of pyridine rings is 1. The maximum absolute atomic E-state index is 12.4. The molecule has 1 unspecified atom stereocenters. The molecule has 0 saturated carbocycles. The molecule has 0 amide bonds. The SMILES string of the molecule is CC1(O)CCCN(S(=O)(=O)c2cnccc2Cl)C1.